The van der Waals surface area contributed by atoms with Crippen LogP contribution in [0.25, 0.3) is 28.1 Å². The van der Waals surface area contributed by atoms with E-state index in [1.165, 1.54) is 58.0 Å². The summed E-state index contributed by atoms with van der Waals surface area (Å²) in [6.45, 7) is 13.4. The normalized spacial score (nSPS) is 13.3. The van der Waals surface area contributed by atoms with Crippen molar-refractivity contribution < 1.29 is 37.1 Å². The summed E-state index contributed by atoms with van der Waals surface area (Å²) in [5, 5.41) is 11.2. The zero-order chi connectivity index (χ0) is 56.8. The molecule has 410 valence electrons. The van der Waals surface area contributed by atoms with Gasteiger partial charge in [0.25, 0.3) is 17.7 Å². The molecule has 0 aliphatic carbocycles. The third-order valence-electron chi connectivity index (χ3n) is 11.9. The highest BCUT2D eigenvalue weighted by atomic mass is 35.5. The summed E-state index contributed by atoms with van der Waals surface area (Å²) in [7, 11) is 0. The Labute approximate surface area is 459 Å². The van der Waals surface area contributed by atoms with Gasteiger partial charge in [0, 0.05) is 75.0 Å². The third-order valence-corrected chi connectivity index (χ3v) is 12.1. The first-order valence-electron chi connectivity index (χ1n) is 24.8. The molecule has 22 nitrogen and oxygen atoms in total. The number of nitrogens with zero attached hydrogens (tertiary/aromatic N) is 13. The van der Waals surface area contributed by atoms with E-state index in [0.29, 0.717) is 53.7 Å². The van der Waals surface area contributed by atoms with Gasteiger partial charge in [-0.2, -0.15) is 0 Å². The SMILES string of the molecule is Cc1cn2cc(NC(=O)c3cnc(C4=CCN(C(=O)OC(C)(C)C)CC4)cn3)cc(F)c2n1.Cc1cn2cc(NC(=O)c3cnc(C4=CCNCC4)cn3)cc(F)c2n1.Cc1cn2cc(NC(=O)c3cnc(Cl)cn3)cc(F)c2n1. The van der Waals surface area contributed by atoms with Gasteiger partial charge in [0.05, 0.1) is 82.7 Å². The van der Waals surface area contributed by atoms with Gasteiger partial charge in [-0.25, -0.2) is 52.9 Å². The Balaban J connectivity index is 0.000000149. The maximum absolute atomic E-state index is 14.2. The Kier molecular flexibility index (Phi) is 16.3. The Morgan fingerprint density at radius 1 is 0.575 bits per heavy atom. The van der Waals surface area contributed by atoms with Gasteiger partial charge in [0.2, 0.25) is 0 Å². The summed E-state index contributed by atoms with van der Waals surface area (Å²) in [6, 6.07) is 3.65. The van der Waals surface area contributed by atoms with Gasteiger partial charge in [-0.3, -0.25) is 24.4 Å². The predicted octanol–water partition coefficient (Wildman–Crippen LogP) is 8.53. The zero-order valence-electron chi connectivity index (χ0n) is 43.9. The fraction of sp³-hybridized carbons (Fsp3) is 0.241. The van der Waals surface area contributed by atoms with Crippen LogP contribution in [0.2, 0.25) is 5.15 Å². The minimum atomic E-state index is -0.543. The Morgan fingerprint density at radius 2 is 1.00 bits per heavy atom. The van der Waals surface area contributed by atoms with E-state index in [1.807, 2.05) is 26.8 Å². The average Bonchev–Trinajstić information content (AvgIpc) is 4.22. The van der Waals surface area contributed by atoms with Crippen molar-refractivity contribution in [2.45, 2.75) is 60.0 Å². The molecule has 2 aliphatic rings. The lowest BCUT2D eigenvalue weighted by atomic mass is 10.1. The van der Waals surface area contributed by atoms with Crippen LogP contribution in [0.3, 0.4) is 0 Å². The van der Waals surface area contributed by atoms with Crippen LogP contribution in [-0.4, -0.2) is 119 Å². The smallest absolute Gasteiger partial charge is 0.410 e. The lowest BCUT2D eigenvalue weighted by Gasteiger charge is -2.29. The first kappa shape index (κ1) is 55.3. The van der Waals surface area contributed by atoms with Crippen molar-refractivity contribution in [2.24, 2.45) is 0 Å². The summed E-state index contributed by atoms with van der Waals surface area (Å²) >= 11 is 5.60. The van der Waals surface area contributed by atoms with E-state index < -0.39 is 40.8 Å². The fourth-order valence-electron chi connectivity index (χ4n) is 8.23. The first-order valence-corrected chi connectivity index (χ1v) is 25.2. The number of anilines is 3. The van der Waals surface area contributed by atoms with Crippen molar-refractivity contribution >= 4 is 80.6 Å². The minimum absolute atomic E-state index is 0.0849. The highest BCUT2D eigenvalue weighted by Crippen LogP contribution is 2.24. The maximum Gasteiger partial charge on any atom is 0.410 e. The van der Waals surface area contributed by atoms with Crippen LogP contribution in [0.1, 0.15) is 93.5 Å². The van der Waals surface area contributed by atoms with Crippen LogP contribution in [-0.2, 0) is 4.74 Å². The number of carbonyl (C=O) groups excluding carboxylic acids is 4. The molecule has 9 aromatic rings. The first-order chi connectivity index (χ1) is 38.2. The standard InChI is InChI=1S/C23H25FN6O3.C18H17FN6O.C13H9ClFN5O/c1-14-12-30-13-16(9-17(24)20(30)27-14)28-21(31)19-11-25-18(10-26-19)15-5-7-29(8-6-15)22(32)33-23(2,3)4;1-11-9-25-10-13(6-14(19)17(25)23-11)24-18(26)16-8-21-15(7-22-16)12-2-4-20-5-3-12;1-7-5-20-6-8(2-9(15)12(20)18-7)19-13(21)10-3-17-11(14)4-16-10/h5,9-13H,6-8H2,1-4H3,(H,28,31);2,6-10,20H,3-5H2,1H3,(H,24,26);2-6H,1H3,(H,19,21). The number of hydrogen-bond acceptors (Lipinski definition) is 15. The number of fused-ring (bicyclic) bond motifs is 3. The fourth-order valence-corrected chi connectivity index (χ4v) is 8.33. The lowest BCUT2D eigenvalue weighted by molar-refractivity contribution is 0.0270. The molecular weight excluding hydrogens is 1060 g/mol. The van der Waals surface area contributed by atoms with Gasteiger partial charge >= 0.3 is 6.09 Å². The summed E-state index contributed by atoms with van der Waals surface area (Å²) in [4.78, 5) is 87.6. The monoisotopic (exact) mass is 1110 g/mol. The number of rotatable bonds is 8. The second kappa shape index (κ2) is 23.6. The highest BCUT2D eigenvalue weighted by molar-refractivity contribution is 6.29. The molecular formula is C54H51ClF3N17O5. The summed E-state index contributed by atoms with van der Waals surface area (Å²) in [5.74, 6) is -3.02. The quantitative estimate of drug-likeness (QED) is 0.111. The Bertz CT molecular complexity index is 3880. The summed E-state index contributed by atoms with van der Waals surface area (Å²) in [5.41, 5.74) is 6.85. The average molecular weight is 1110 g/mol. The number of imidazole rings is 3. The van der Waals surface area contributed by atoms with Crippen LogP contribution in [0.5, 0.6) is 0 Å². The molecule has 0 fully saturated rings. The molecule has 4 amide bonds. The Hall–Kier alpha value is -9.49. The van der Waals surface area contributed by atoms with Crippen molar-refractivity contribution in [3.05, 3.63) is 173 Å². The van der Waals surface area contributed by atoms with E-state index in [2.05, 4.69) is 72.2 Å². The Morgan fingerprint density at radius 3 is 1.35 bits per heavy atom. The van der Waals surface area contributed by atoms with Crippen LogP contribution in [0.4, 0.5) is 35.0 Å². The van der Waals surface area contributed by atoms with Gasteiger partial charge in [0.1, 0.15) is 27.8 Å². The van der Waals surface area contributed by atoms with E-state index >= 15 is 0 Å². The van der Waals surface area contributed by atoms with Gasteiger partial charge in [0.15, 0.2) is 34.4 Å². The van der Waals surface area contributed by atoms with Crippen LogP contribution < -0.4 is 21.3 Å². The molecule has 4 N–H and O–H groups in total. The number of pyridine rings is 3. The molecule has 11 rings (SSSR count). The molecule has 0 saturated heterocycles. The number of carbonyl (C=O) groups is 4. The molecule has 80 heavy (non-hydrogen) atoms. The lowest BCUT2D eigenvalue weighted by Crippen LogP contribution is -2.39. The molecule has 0 radical (unpaired) electrons. The molecule has 26 heteroatoms. The summed E-state index contributed by atoms with van der Waals surface area (Å²) in [6.07, 6.45) is 23.3. The van der Waals surface area contributed by atoms with Gasteiger partial charge in [-0.1, -0.05) is 23.8 Å². The van der Waals surface area contributed by atoms with Crippen molar-refractivity contribution in [3.63, 3.8) is 0 Å². The molecule has 0 spiro atoms. The third kappa shape index (κ3) is 13.6. The number of ether oxygens (including phenoxy) is 1. The van der Waals surface area contributed by atoms with Gasteiger partial charge in [-0.15, -0.1) is 0 Å². The number of aryl methyl sites for hydroxylation is 3. The largest absolute Gasteiger partial charge is 0.444 e. The zero-order valence-corrected chi connectivity index (χ0v) is 44.7. The van der Waals surface area contributed by atoms with Crippen molar-refractivity contribution in [1.29, 1.82) is 0 Å². The minimum Gasteiger partial charge on any atom is -0.444 e. The topological polar surface area (TPSA) is 258 Å². The molecule has 0 atom stereocenters. The molecule has 0 aromatic carbocycles. The molecule has 2 aliphatic heterocycles. The van der Waals surface area contributed by atoms with Crippen LogP contribution in [0, 0.1) is 38.2 Å². The summed E-state index contributed by atoms with van der Waals surface area (Å²) < 4.78 is 52.2. The van der Waals surface area contributed by atoms with Crippen molar-refractivity contribution in [3.8, 4) is 0 Å². The van der Waals surface area contributed by atoms with E-state index in [1.54, 1.807) is 73.4 Å². The van der Waals surface area contributed by atoms with Gasteiger partial charge in [-0.05, 0) is 72.1 Å². The molecule has 11 heterocycles. The number of halogens is 4. The number of nitrogens with one attached hydrogen (secondary N) is 4. The van der Waals surface area contributed by atoms with Gasteiger partial charge < -0.3 is 44.1 Å². The van der Waals surface area contributed by atoms with Crippen LogP contribution in [0.15, 0.2) is 105 Å². The highest BCUT2D eigenvalue weighted by Gasteiger charge is 2.25. The molecule has 0 unspecified atom stereocenters. The van der Waals surface area contributed by atoms with E-state index in [9.17, 15) is 32.3 Å². The second-order valence-corrected chi connectivity index (χ2v) is 19.7. The van der Waals surface area contributed by atoms with Crippen molar-refractivity contribution in [2.75, 3.05) is 42.1 Å². The predicted molar refractivity (Wildman–Crippen MR) is 290 cm³/mol. The number of aromatic nitrogens is 12. The molecule has 0 bridgehead atoms. The molecule has 9 aromatic heterocycles. The van der Waals surface area contributed by atoms with E-state index in [-0.39, 0.29) is 51.0 Å². The van der Waals surface area contributed by atoms with E-state index in [0.717, 1.165) is 36.4 Å². The molecule has 0 saturated carbocycles. The van der Waals surface area contributed by atoms with Crippen molar-refractivity contribution in [1.82, 2.24) is 68.3 Å². The number of amides is 4. The maximum atomic E-state index is 14.2. The second-order valence-electron chi connectivity index (χ2n) is 19.3. The van der Waals surface area contributed by atoms with E-state index in [4.69, 9.17) is 16.3 Å². The van der Waals surface area contributed by atoms with Crippen LogP contribution >= 0.6 is 11.6 Å². The number of hydrogen-bond donors (Lipinski definition) is 4.